The molecule has 0 fully saturated rings. The zero-order valence-electron chi connectivity index (χ0n) is 6.55. The molecule has 3 heteroatoms. The van der Waals surface area contributed by atoms with Gasteiger partial charge in [-0.1, -0.05) is 6.58 Å². The summed E-state index contributed by atoms with van der Waals surface area (Å²) in [7, 11) is 0. The maximum Gasteiger partial charge on any atom is 0.114 e. The van der Waals surface area contributed by atoms with Gasteiger partial charge < -0.3 is 0 Å². The predicted molar refractivity (Wildman–Crippen MR) is 51.7 cm³/mol. The van der Waals surface area contributed by atoms with Crippen LogP contribution in [0.4, 0.5) is 0 Å². The topological polar surface area (TPSA) is 24.7 Å². The Morgan fingerprint density at radius 3 is 2.64 bits per heavy atom. The maximum atomic E-state index is 5.41. The van der Waals surface area contributed by atoms with E-state index in [1.807, 2.05) is 6.92 Å². The second kappa shape index (κ2) is 5.86. The Bertz CT molecular complexity index is 204. The van der Waals surface area contributed by atoms with E-state index in [0.717, 1.165) is 11.3 Å². The van der Waals surface area contributed by atoms with Gasteiger partial charge in [0.25, 0.3) is 0 Å². The van der Waals surface area contributed by atoms with Crippen LogP contribution in [0, 0.1) is 0 Å². The van der Waals surface area contributed by atoms with E-state index in [0.29, 0.717) is 0 Å². The summed E-state index contributed by atoms with van der Waals surface area (Å²) in [5.74, 6) is 0. The molecule has 2 nitrogen and oxygen atoms in total. The van der Waals surface area contributed by atoms with Crippen LogP contribution >= 0.6 is 11.6 Å². The van der Waals surface area contributed by atoms with E-state index < -0.39 is 0 Å². The number of nitrogens with zero attached hydrogens (tertiary/aromatic N) is 2. The summed E-state index contributed by atoms with van der Waals surface area (Å²) < 4.78 is 0. The van der Waals surface area contributed by atoms with Crippen LogP contribution in [-0.2, 0) is 0 Å². The average molecular weight is 171 g/mol. The van der Waals surface area contributed by atoms with Crippen molar-refractivity contribution >= 4 is 24.0 Å². The van der Waals surface area contributed by atoms with E-state index in [4.69, 9.17) is 11.6 Å². The molecule has 0 aromatic carbocycles. The quantitative estimate of drug-likeness (QED) is 0.352. The number of hydrogen-bond acceptors (Lipinski definition) is 2. The van der Waals surface area contributed by atoms with E-state index in [-0.39, 0.29) is 6.00 Å². The number of aliphatic imine (C=N–C) groups is 2. The molecule has 0 heterocycles. The molecule has 0 rings (SSSR count). The molecule has 0 atom stereocenters. The van der Waals surface area contributed by atoms with Crippen molar-refractivity contribution in [2.24, 2.45) is 9.98 Å². The molecule has 0 aliphatic heterocycles. The van der Waals surface area contributed by atoms with E-state index in [1.54, 1.807) is 12.3 Å². The Hall–Kier alpha value is -0.890. The van der Waals surface area contributed by atoms with E-state index >= 15 is 0 Å². The minimum Gasteiger partial charge on any atom is -0.272 e. The molecule has 0 saturated carbocycles. The highest BCUT2D eigenvalue weighted by Gasteiger charge is 1.93. The minimum atomic E-state index is 0.240. The van der Waals surface area contributed by atoms with Crippen LogP contribution in [-0.4, -0.2) is 18.4 Å². The first-order chi connectivity index (χ1) is 5.26. The lowest BCUT2D eigenvalue weighted by Gasteiger charge is -1.96. The third-order valence-electron chi connectivity index (χ3n) is 1.11. The van der Waals surface area contributed by atoms with Gasteiger partial charge in [0.05, 0.1) is 5.71 Å². The molecule has 60 valence electrons. The van der Waals surface area contributed by atoms with Crippen LogP contribution in [0.2, 0.25) is 0 Å². The van der Waals surface area contributed by atoms with Crippen LogP contribution < -0.4 is 0 Å². The monoisotopic (exact) mass is 170 g/mol. The molecule has 0 aliphatic carbocycles. The molecule has 0 aromatic rings. The lowest BCUT2D eigenvalue weighted by atomic mass is 10.2. The Morgan fingerprint density at radius 1 is 1.64 bits per heavy atom. The third kappa shape index (κ3) is 3.73. The van der Waals surface area contributed by atoms with Crippen LogP contribution in [0.5, 0.6) is 0 Å². The van der Waals surface area contributed by atoms with Crippen molar-refractivity contribution in [3.63, 3.8) is 0 Å². The minimum absolute atomic E-state index is 0.240. The Balaban J connectivity index is 4.50. The summed E-state index contributed by atoms with van der Waals surface area (Å²) in [6, 6.07) is 0.240. The van der Waals surface area contributed by atoms with Gasteiger partial charge in [-0.15, -0.1) is 11.6 Å². The lowest BCUT2D eigenvalue weighted by molar-refractivity contribution is 1.34. The largest absolute Gasteiger partial charge is 0.272 e. The Labute approximate surface area is 72.0 Å². The second-order valence-corrected chi connectivity index (χ2v) is 2.10. The first-order valence-electron chi connectivity index (χ1n) is 3.12. The summed E-state index contributed by atoms with van der Waals surface area (Å²) in [6.07, 6.45) is 3.26. The highest BCUT2D eigenvalue weighted by Crippen LogP contribution is 1.99. The van der Waals surface area contributed by atoms with Gasteiger partial charge in [-0.2, -0.15) is 0 Å². The highest BCUT2D eigenvalue weighted by molar-refractivity contribution is 6.19. The van der Waals surface area contributed by atoms with Crippen LogP contribution in [0.1, 0.15) is 6.92 Å². The van der Waals surface area contributed by atoms with Crippen molar-refractivity contribution in [1.82, 2.24) is 0 Å². The molecule has 0 aromatic heterocycles. The van der Waals surface area contributed by atoms with E-state index in [2.05, 4.69) is 23.3 Å². The van der Waals surface area contributed by atoms with Gasteiger partial charge in [0.15, 0.2) is 0 Å². The smallest absolute Gasteiger partial charge is 0.114 e. The fourth-order valence-corrected chi connectivity index (χ4v) is 0.746. The first kappa shape index (κ1) is 10.1. The molecular formula is C8H11ClN2. The van der Waals surface area contributed by atoms with Gasteiger partial charge in [0.1, 0.15) is 6.00 Å². The fraction of sp³-hybridized carbons (Fsp3) is 0.250. The highest BCUT2D eigenvalue weighted by atomic mass is 35.5. The second-order valence-electron chi connectivity index (χ2n) is 1.86. The molecule has 0 N–H and O–H groups in total. The average Bonchev–Trinajstić information content (AvgIpc) is 2.00. The van der Waals surface area contributed by atoms with Crippen molar-refractivity contribution in [2.45, 2.75) is 6.92 Å². The number of halogens is 1. The summed E-state index contributed by atoms with van der Waals surface area (Å²) in [4.78, 5) is 7.57. The summed E-state index contributed by atoms with van der Waals surface area (Å²) >= 11 is 5.41. The number of hydrogen-bond donors (Lipinski definition) is 0. The fourth-order valence-electron chi connectivity index (χ4n) is 0.618. The Morgan fingerprint density at radius 2 is 2.27 bits per heavy atom. The molecule has 0 saturated heterocycles. The van der Waals surface area contributed by atoms with Gasteiger partial charge in [-0.05, 0) is 25.3 Å². The molecule has 0 spiro atoms. The third-order valence-corrected chi connectivity index (χ3v) is 1.23. The Kier molecular flexibility index (Phi) is 5.39. The van der Waals surface area contributed by atoms with Crippen LogP contribution in [0.25, 0.3) is 0 Å². The van der Waals surface area contributed by atoms with Gasteiger partial charge >= 0.3 is 0 Å². The summed E-state index contributed by atoms with van der Waals surface area (Å²) in [5, 5.41) is 0. The zero-order chi connectivity index (χ0) is 8.69. The van der Waals surface area contributed by atoms with Gasteiger partial charge in [0, 0.05) is 6.20 Å². The van der Waals surface area contributed by atoms with Crippen molar-refractivity contribution in [3.8, 4) is 0 Å². The molecule has 0 radical (unpaired) electrons. The SMILES string of the molecule is C=CC(=NCCl)/C(C)=C\N=C. The molecule has 0 unspecified atom stereocenters. The number of rotatable bonds is 4. The van der Waals surface area contributed by atoms with Crippen molar-refractivity contribution in [2.75, 3.05) is 6.00 Å². The molecule has 0 aliphatic rings. The first-order valence-corrected chi connectivity index (χ1v) is 3.65. The number of allylic oxidation sites excluding steroid dienone is 2. The van der Waals surface area contributed by atoms with Crippen molar-refractivity contribution in [1.29, 1.82) is 0 Å². The van der Waals surface area contributed by atoms with E-state index in [1.165, 1.54) is 0 Å². The van der Waals surface area contributed by atoms with Gasteiger partial charge in [0.2, 0.25) is 0 Å². The molecular weight excluding hydrogens is 160 g/mol. The standard InChI is InChI=1S/C8H11ClN2/c1-4-8(11-6-9)7(2)5-10-3/h4-5H,1,3,6H2,2H3/b7-5-,11-8?. The summed E-state index contributed by atoms with van der Waals surface area (Å²) in [6.45, 7) is 8.80. The molecule has 0 amide bonds. The van der Waals surface area contributed by atoms with Gasteiger partial charge in [-0.3, -0.25) is 9.98 Å². The summed E-state index contributed by atoms with van der Waals surface area (Å²) in [5.41, 5.74) is 1.67. The lowest BCUT2D eigenvalue weighted by Crippen LogP contribution is -1.94. The normalized spacial score (nSPS) is 12.9. The molecule has 11 heavy (non-hydrogen) atoms. The molecule has 0 bridgehead atoms. The number of alkyl halides is 1. The zero-order valence-corrected chi connectivity index (χ0v) is 7.30. The van der Waals surface area contributed by atoms with Crippen molar-refractivity contribution < 1.29 is 0 Å². The predicted octanol–water partition coefficient (Wildman–Crippen LogP) is 2.41. The van der Waals surface area contributed by atoms with Crippen LogP contribution in [0.3, 0.4) is 0 Å². The maximum absolute atomic E-state index is 5.41. The van der Waals surface area contributed by atoms with Crippen LogP contribution in [0.15, 0.2) is 34.4 Å². The van der Waals surface area contributed by atoms with Crippen molar-refractivity contribution in [3.05, 3.63) is 24.4 Å². The van der Waals surface area contributed by atoms with Gasteiger partial charge in [-0.25, -0.2) is 0 Å². The van der Waals surface area contributed by atoms with E-state index in [9.17, 15) is 0 Å².